The average Bonchev–Trinajstić information content (AvgIpc) is 3.27. The monoisotopic (exact) mass is 413 g/mol. The number of ether oxygens (including phenoxy) is 1. The highest BCUT2D eigenvalue weighted by molar-refractivity contribution is 6.42. The summed E-state index contributed by atoms with van der Waals surface area (Å²) in [6.07, 6.45) is 2.46. The van der Waals surface area contributed by atoms with E-state index in [0.717, 1.165) is 24.8 Å². The van der Waals surface area contributed by atoms with Crippen LogP contribution in [-0.4, -0.2) is 40.9 Å². The van der Waals surface area contributed by atoms with E-state index in [0.29, 0.717) is 29.6 Å². The minimum atomic E-state index is -0.534. The van der Waals surface area contributed by atoms with Gasteiger partial charge in [0.1, 0.15) is 5.60 Å². The zero-order chi connectivity index (χ0) is 20.0. The van der Waals surface area contributed by atoms with Crippen LogP contribution >= 0.6 is 23.2 Å². The molecule has 1 saturated heterocycles. The van der Waals surface area contributed by atoms with E-state index in [9.17, 15) is 9.90 Å². The summed E-state index contributed by atoms with van der Waals surface area (Å²) < 4.78 is 5.57. The normalized spacial score (nSPS) is 28.5. The molecular weight excluding hydrogens is 385 g/mol. The molecule has 1 amide bonds. The molecule has 0 radical (unpaired) electrons. The number of likely N-dealkylation sites (tertiary alicyclic amines) is 1. The van der Waals surface area contributed by atoms with Crippen LogP contribution < -0.4 is 0 Å². The topological polar surface area (TPSA) is 49.8 Å². The Morgan fingerprint density at radius 1 is 1.33 bits per heavy atom. The van der Waals surface area contributed by atoms with Gasteiger partial charge in [-0.3, -0.25) is 0 Å². The van der Waals surface area contributed by atoms with Crippen molar-refractivity contribution in [1.29, 1.82) is 0 Å². The predicted octanol–water partition coefficient (Wildman–Crippen LogP) is 5.42. The van der Waals surface area contributed by atoms with E-state index in [1.807, 2.05) is 39.0 Å². The predicted molar refractivity (Wildman–Crippen MR) is 109 cm³/mol. The second kappa shape index (κ2) is 7.13. The van der Waals surface area contributed by atoms with Gasteiger partial charge < -0.3 is 14.7 Å². The third kappa shape index (κ3) is 3.68. The Balaban J connectivity index is 1.90. The number of aliphatic hydroxyl groups is 1. The summed E-state index contributed by atoms with van der Waals surface area (Å²) in [5, 5.41) is 12.1. The Morgan fingerprint density at radius 3 is 2.63 bits per heavy atom. The maximum absolute atomic E-state index is 12.6. The SMILES string of the molecule is CCCC(O)C12CN(C(=O)OC(C)(C)C)CCC1(c1ccc(Cl)c(Cl)c1)C2. The fraction of sp³-hybridized carbons (Fsp3) is 0.667. The maximum atomic E-state index is 12.6. The lowest BCUT2D eigenvalue weighted by atomic mass is 9.76. The average molecular weight is 414 g/mol. The van der Waals surface area contributed by atoms with Crippen LogP contribution in [0.15, 0.2) is 18.2 Å². The number of carbonyl (C=O) groups excluding carboxylic acids is 1. The smallest absolute Gasteiger partial charge is 0.410 e. The third-order valence-corrected chi connectivity index (χ3v) is 6.79. The first kappa shape index (κ1) is 20.8. The highest BCUT2D eigenvalue weighted by Gasteiger charge is 2.72. The van der Waals surface area contributed by atoms with Gasteiger partial charge in [0, 0.05) is 23.9 Å². The van der Waals surface area contributed by atoms with E-state index in [1.54, 1.807) is 4.90 Å². The van der Waals surface area contributed by atoms with Crippen molar-refractivity contribution in [1.82, 2.24) is 4.90 Å². The summed E-state index contributed by atoms with van der Waals surface area (Å²) in [6, 6.07) is 5.76. The molecule has 1 aliphatic carbocycles. The van der Waals surface area contributed by atoms with Crippen molar-refractivity contribution in [2.75, 3.05) is 13.1 Å². The Bertz CT molecular complexity index is 733. The van der Waals surface area contributed by atoms with Crippen LogP contribution in [0.3, 0.4) is 0 Å². The molecule has 2 aliphatic rings. The van der Waals surface area contributed by atoms with Gasteiger partial charge in [0.15, 0.2) is 0 Å². The van der Waals surface area contributed by atoms with E-state index in [1.165, 1.54) is 0 Å². The first-order valence-corrected chi connectivity index (χ1v) is 10.4. The van der Waals surface area contributed by atoms with Crippen molar-refractivity contribution in [2.24, 2.45) is 5.41 Å². The molecule has 1 saturated carbocycles. The van der Waals surface area contributed by atoms with Gasteiger partial charge in [0.05, 0.1) is 16.1 Å². The van der Waals surface area contributed by atoms with Gasteiger partial charge in [-0.2, -0.15) is 0 Å². The second-order valence-corrected chi connectivity index (χ2v) is 9.81. The van der Waals surface area contributed by atoms with Crippen molar-refractivity contribution < 1.29 is 14.6 Å². The van der Waals surface area contributed by atoms with Crippen LogP contribution in [0.25, 0.3) is 0 Å². The van der Waals surface area contributed by atoms with Crippen molar-refractivity contribution in [3.8, 4) is 0 Å². The number of amides is 1. The van der Waals surface area contributed by atoms with E-state index in [4.69, 9.17) is 27.9 Å². The number of benzene rings is 1. The van der Waals surface area contributed by atoms with Crippen LogP contribution in [0.2, 0.25) is 10.0 Å². The minimum Gasteiger partial charge on any atom is -0.444 e. The minimum absolute atomic E-state index is 0.158. The fourth-order valence-corrected chi connectivity index (χ4v) is 4.98. The molecule has 1 aromatic rings. The van der Waals surface area contributed by atoms with Gasteiger partial charge in [0.25, 0.3) is 0 Å². The molecule has 3 atom stereocenters. The quantitative estimate of drug-likeness (QED) is 0.716. The summed E-state index contributed by atoms with van der Waals surface area (Å²) in [5.74, 6) is 0. The van der Waals surface area contributed by atoms with E-state index >= 15 is 0 Å². The largest absolute Gasteiger partial charge is 0.444 e. The standard InChI is InChI=1S/C21H29Cl2NO3/c1-5-6-17(25)21-12-20(21,14-7-8-15(22)16(23)11-14)9-10-24(13-21)18(26)27-19(2,3)4/h7-8,11,17,25H,5-6,9-10,12-13H2,1-4H3. The summed E-state index contributed by atoms with van der Waals surface area (Å²) in [7, 11) is 0. The molecule has 6 heteroatoms. The first-order chi connectivity index (χ1) is 12.5. The molecule has 1 aliphatic heterocycles. The van der Waals surface area contributed by atoms with Gasteiger partial charge in [-0.1, -0.05) is 42.6 Å². The molecule has 1 heterocycles. The number of halogens is 2. The zero-order valence-corrected chi connectivity index (χ0v) is 18.0. The number of piperidine rings is 1. The molecule has 2 fully saturated rings. The molecular formula is C21H29Cl2NO3. The molecule has 0 aromatic heterocycles. The number of rotatable bonds is 4. The molecule has 3 rings (SSSR count). The van der Waals surface area contributed by atoms with Crippen molar-refractivity contribution in [3.63, 3.8) is 0 Å². The van der Waals surface area contributed by atoms with Crippen LogP contribution in [0.5, 0.6) is 0 Å². The molecule has 0 spiro atoms. The molecule has 1 aromatic carbocycles. The fourth-order valence-electron chi connectivity index (χ4n) is 4.69. The third-order valence-electron chi connectivity index (χ3n) is 6.05. The molecule has 3 unspecified atom stereocenters. The second-order valence-electron chi connectivity index (χ2n) is 9.00. The summed E-state index contributed by atoms with van der Waals surface area (Å²) >= 11 is 12.4. The number of carbonyl (C=O) groups is 1. The molecule has 27 heavy (non-hydrogen) atoms. The van der Waals surface area contributed by atoms with E-state index in [-0.39, 0.29) is 16.9 Å². The first-order valence-electron chi connectivity index (χ1n) is 9.66. The summed E-state index contributed by atoms with van der Waals surface area (Å²) in [6.45, 7) is 8.78. The van der Waals surface area contributed by atoms with Crippen LogP contribution in [0.4, 0.5) is 4.79 Å². The lowest BCUT2D eigenvalue weighted by Crippen LogP contribution is -2.50. The highest BCUT2D eigenvalue weighted by Crippen LogP contribution is 2.71. The lowest BCUT2D eigenvalue weighted by molar-refractivity contribution is -0.00871. The van der Waals surface area contributed by atoms with Crippen LogP contribution in [0, 0.1) is 5.41 Å². The molecule has 1 N–H and O–H groups in total. The van der Waals surface area contributed by atoms with Crippen LogP contribution in [-0.2, 0) is 10.2 Å². The van der Waals surface area contributed by atoms with Gasteiger partial charge >= 0.3 is 6.09 Å². The van der Waals surface area contributed by atoms with Crippen LogP contribution in [0.1, 0.15) is 58.9 Å². The zero-order valence-electron chi connectivity index (χ0n) is 16.5. The maximum Gasteiger partial charge on any atom is 0.410 e. The molecule has 4 nitrogen and oxygen atoms in total. The van der Waals surface area contributed by atoms with Crippen molar-refractivity contribution in [3.05, 3.63) is 33.8 Å². The summed E-state index contributed by atoms with van der Waals surface area (Å²) in [5.41, 5.74) is 0.0634. The molecule has 150 valence electrons. The highest BCUT2D eigenvalue weighted by atomic mass is 35.5. The van der Waals surface area contributed by atoms with Gasteiger partial charge in [0.2, 0.25) is 0 Å². The van der Waals surface area contributed by atoms with E-state index in [2.05, 4.69) is 6.92 Å². The van der Waals surface area contributed by atoms with Gasteiger partial charge in [-0.15, -0.1) is 0 Å². The number of hydrogen-bond donors (Lipinski definition) is 1. The Hall–Kier alpha value is -0.970. The summed E-state index contributed by atoms with van der Waals surface area (Å²) in [4.78, 5) is 14.4. The van der Waals surface area contributed by atoms with Gasteiger partial charge in [-0.25, -0.2) is 4.79 Å². The number of hydrogen-bond acceptors (Lipinski definition) is 3. The number of fused-ring (bicyclic) bond motifs is 1. The van der Waals surface area contributed by atoms with E-state index < -0.39 is 11.7 Å². The Kier molecular flexibility index (Phi) is 5.48. The number of nitrogens with zero attached hydrogens (tertiary/aromatic N) is 1. The lowest BCUT2D eigenvalue weighted by Gasteiger charge is -2.41. The Labute approximate surface area is 171 Å². The van der Waals surface area contributed by atoms with Gasteiger partial charge in [-0.05, 0) is 57.7 Å². The number of aliphatic hydroxyl groups excluding tert-OH is 1. The molecule has 0 bridgehead atoms. The van der Waals surface area contributed by atoms with Crippen molar-refractivity contribution >= 4 is 29.3 Å². The van der Waals surface area contributed by atoms with Crippen molar-refractivity contribution in [2.45, 2.75) is 70.5 Å². The Morgan fingerprint density at radius 2 is 2.04 bits per heavy atom.